The molecule has 8 heteroatoms. The van der Waals surface area contributed by atoms with Crippen molar-refractivity contribution in [2.75, 3.05) is 6.61 Å². The molecule has 2 N–H and O–H groups in total. The van der Waals surface area contributed by atoms with Crippen LogP contribution in [0.3, 0.4) is 0 Å². The summed E-state index contributed by atoms with van der Waals surface area (Å²) in [7, 11) is 0. The Labute approximate surface area is 161 Å². The van der Waals surface area contributed by atoms with Gasteiger partial charge in [0.2, 0.25) is 0 Å². The number of carbonyl (C=O) groups excluding carboxylic acids is 1. The number of non-ortho nitro benzene ring substituents is 1. The predicted octanol–water partition coefficient (Wildman–Crippen LogP) is 3.09. The average Bonchev–Trinajstić information content (AvgIpc) is 2.68. The zero-order valence-electron chi connectivity index (χ0n) is 14.5. The van der Waals surface area contributed by atoms with Gasteiger partial charge >= 0.3 is 5.97 Å². The SMILES string of the molecule is CCOC(=O)C1=C(c2ccc([N+](=O)[O-])cc2)NC(=S)N[C@@H]1c1ccccc1. The first-order valence-electron chi connectivity index (χ1n) is 8.29. The molecule has 2 aromatic rings. The highest BCUT2D eigenvalue weighted by molar-refractivity contribution is 7.80. The van der Waals surface area contributed by atoms with Gasteiger partial charge in [-0.05, 0) is 42.4 Å². The van der Waals surface area contributed by atoms with Gasteiger partial charge in [-0.3, -0.25) is 10.1 Å². The Morgan fingerprint density at radius 3 is 2.44 bits per heavy atom. The van der Waals surface area contributed by atoms with Crippen LogP contribution in [0.1, 0.15) is 24.1 Å². The van der Waals surface area contributed by atoms with E-state index in [0.717, 1.165) is 5.56 Å². The molecule has 7 nitrogen and oxygen atoms in total. The van der Waals surface area contributed by atoms with Crippen LogP contribution < -0.4 is 10.6 Å². The van der Waals surface area contributed by atoms with Gasteiger partial charge in [0.05, 0.1) is 28.8 Å². The topological polar surface area (TPSA) is 93.5 Å². The van der Waals surface area contributed by atoms with E-state index in [4.69, 9.17) is 17.0 Å². The number of thiocarbonyl (C=S) groups is 1. The van der Waals surface area contributed by atoms with Crippen molar-refractivity contribution < 1.29 is 14.5 Å². The first kappa shape index (κ1) is 18.5. The highest BCUT2D eigenvalue weighted by Crippen LogP contribution is 2.32. The lowest BCUT2D eigenvalue weighted by molar-refractivity contribution is -0.384. The molecule has 0 saturated heterocycles. The normalized spacial score (nSPS) is 16.3. The number of rotatable bonds is 5. The van der Waals surface area contributed by atoms with Gasteiger partial charge in [0.15, 0.2) is 5.11 Å². The molecule has 0 saturated carbocycles. The quantitative estimate of drug-likeness (QED) is 0.355. The Morgan fingerprint density at radius 1 is 1.19 bits per heavy atom. The molecule has 3 rings (SSSR count). The number of nitrogens with zero attached hydrogens (tertiary/aromatic N) is 1. The Morgan fingerprint density at radius 2 is 1.85 bits per heavy atom. The van der Waals surface area contributed by atoms with Gasteiger partial charge in [-0.1, -0.05) is 30.3 Å². The van der Waals surface area contributed by atoms with Gasteiger partial charge in [-0.15, -0.1) is 0 Å². The largest absolute Gasteiger partial charge is 0.463 e. The number of hydrogen-bond donors (Lipinski definition) is 2. The second-order valence-electron chi connectivity index (χ2n) is 5.76. The monoisotopic (exact) mass is 383 g/mol. The van der Waals surface area contributed by atoms with Crippen LogP contribution in [0.4, 0.5) is 5.69 Å². The molecule has 0 amide bonds. The van der Waals surface area contributed by atoms with E-state index in [2.05, 4.69) is 10.6 Å². The van der Waals surface area contributed by atoms with E-state index in [1.807, 2.05) is 30.3 Å². The number of benzene rings is 2. The van der Waals surface area contributed by atoms with Crippen molar-refractivity contribution in [3.8, 4) is 0 Å². The molecular weight excluding hydrogens is 366 g/mol. The third-order valence-electron chi connectivity index (χ3n) is 4.07. The minimum absolute atomic E-state index is 0.0341. The van der Waals surface area contributed by atoms with Crippen LogP contribution in [-0.4, -0.2) is 22.6 Å². The van der Waals surface area contributed by atoms with Gasteiger partial charge in [-0.2, -0.15) is 0 Å². The summed E-state index contributed by atoms with van der Waals surface area (Å²) in [6, 6.07) is 14.8. The fraction of sp³-hybridized carbons (Fsp3) is 0.158. The van der Waals surface area contributed by atoms with Crippen LogP contribution >= 0.6 is 12.2 Å². The van der Waals surface area contributed by atoms with Crippen molar-refractivity contribution in [2.45, 2.75) is 13.0 Å². The molecule has 0 aromatic heterocycles. The molecule has 0 radical (unpaired) electrons. The number of carbonyl (C=O) groups is 1. The number of nitro groups is 1. The zero-order chi connectivity index (χ0) is 19.4. The van der Waals surface area contributed by atoms with Gasteiger partial charge in [0.1, 0.15) is 0 Å². The lowest BCUT2D eigenvalue weighted by Gasteiger charge is -2.31. The summed E-state index contributed by atoms with van der Waals surface area (Å²) < 4.78 is 5.25. The number of ether oxygens (including phenoxy) is 1. The third-order valence-corrected chi connectivity index (χ3v) is 4.29. The highest BCUT2D eigenvalue weighted by Gasteiger charge is 2.33. The first-order chi connectivity index (χ1) is 13.0. The summed E-state index contributed by atoms with van der Waals surface area (Å²) in [5.74, 6) is -0.484. The van der Waals surface area contributed by atoms with Crippen LogP contribution in [0.5, 0.6) is 0 Å². The predicted molar refractivity (Wildman–Crippen MR) is 105 cm³/mol. The van der Waals surface area contributed by atoms with Gasteiger partial charge < -0.3 is 15.4 Å². The molecule has 0 fully saturated rings. The molecule has 1 heterocycles. The fourth-order valence-electron chi connectivity index (χ4n) is 2.87. The van der Waals surface area contributed by atoms with Crippen LogP contribution in [0.25, 0.3) is 5.70 Å². The number of nitrogens with one attached hydrogen (secondary N) is 2. The van der Waals surface area contributed by atoms with E-state index in [1.165, 1.54) is 12.1 Å². The molecule has 0 aliphatic carbocycles. The Balaban J connectivity index is 2.15. The second-order valence-corrected chi connectivity index (χ2v) is 6.16. The zero-order valence-corrected chi connectivity index (χ0v) is 15.3. The molecule has 27 heavy (non-hydrogen) atoms. The van der Waals surface area contributed by atoms with Crippen molar-refractivity contribution in [1.82, 2.24) is 10.6 Å². The van der Waals surface area contributed by atoms with E-state index in [1.54, 1.807) is 19.1 Å². The molecule has 1 aliphatic heterocycles. The van der Waals surface area contributed by atoms with Crippen molar-refractivity contribution in [3.05, 3.63) is 81.4 Å². The van der Waals surface area contributed by atoms with E-state index in [-0.39, 0.29) is 12.3 Å². The Kier molecular flexibility index (Phi) is 5.46. The molecule has 138 valence electrons. The summed E-state index contributed by atoms with van der Waals surface area (Å²) in [6.07, 6.45) is 0. The van der Waals surface area contributed by atoms with Crippen LogP contribution in [0, 0.1) is 10.1 Å². The number of esters is 1. The maximum absolute atomic E-state index is 12.7. The van der Waals surface area contributed by atoms with Crippen LogP contribution in [0.15, 0.2) is 60.2 Å². The summed E-state index contributed by atoms with van der Waals surface area (Å²) in [5, 5.41) is 17.4. The van der Waals surface area contributed by atoms with Crippen molar-refractivity contribution in [1.29, 1.82) is 0 Å². The summed E-state index contributed by atoms with van der Waals surface area (Å²) >= 11 is 5.31. The summed E-state index contributed by atoms with van der Waals surface area (Å²) in [4.78, 5) is 23.2. The lowest BCUT2D eigenvalue weighted by Crippen LogP contribution is -2.45. The summed E-state index contributed by atoms with van der Waals surface area (Å²) in [5.41, 5.74) is 2.26. The lowest BCUT2D eigenvalue weighted by atomic mass is 9.93. The number of nitro benzene ring substituents is 1. The molecule has 0 spiro atoms. The molecular formula is C19H17N3O4S. The van der Waals surface area contributed by atoms with E-state index in [0.29, 0.717) is 21.9 Å². The average molecular weight is 383 g/mol. The molecule has 0 unspecified atom stereocenters. The molecule has 1 atom stereocenters. The van der Waals surface area contributed by atoms with Crippen molar-refractivity contribution in [2.24, 2.45) is 0 Å². The third kappa shape index (κ3) is 3.95. The van der Waals surface area contributed by atoms with Gasteiger partial charge in [-0.25, -0.2) is 4.79 Å². The maximum atomic E-state index is 12.7. The molecule has 1 aliphatic rings. The maximum Gasteiger partial charge on any atom is 0.338 e. The van der Waals surface area contributed by atoms with Gasteiger partial charge in [0.25, 0.3) is 5.69 Å². The Bertz CT molecular complexity index is 910. The number of hydrogen-bond acceptors (Lipinski definition) is 5. The van der Waals surface area contributed by atoms with Crippen molar-refractivity contribution in [3.63, 3.8) is 0 Å². The second kappa shape index (κ2) is 7.96. The Hall–Kier alpha value is -3.26. The minimum atomic E-state index is -0.496. The van der Waals surface area contributed by atoms with E-state index < -0.39 is 16.9 Å². The van der Waals surface area contributed by atoms with Crippen molar-refractivity contribution >= 4 is 34.7 Å². The molecule has 0 bridgehead atoms. The fourth-order valence-corrected chi connectivity index (χ4v) is 3.09. The first-order valence-corrected chi connectivity index (χ1v) is 8.70. The summed E-state index contributed by atoms with van der Waals surface area (Å²) in [6.45, 7) is 1.96. The highest BCUT2D eigenvalue weighted by atomic mass is 32.1. The van der Waals surface area contributed by atoms with Crippen LogP contribution in [-0.2, 0) is 9.53 Å². The van der Waals surface area contributed by atoms with Crippen LogP contribution in [0.2, 0.25) is 0 Å². The van der Waals surface area contributed by atoms with E-state index >= 15 is 0 Å². The molecule has 2 aromatic carbocycles. The van der Waals surface area contributed by atoms with Gasteiger partial charge in [0, 0.05) is 12.1 Å². The van der Waals surface area contributed by atoms with E-state index in [9.17, 15) is 14.9 Å². The standard InChI is InChI=1S/C19H17N3O4S/c1-2-26-18(23)15-16(12-6-4-3-5-7-12)20-19(27)21-17(15)13-8-10-14(11-9-13)22(24)25/h3-11,16H,2H2,1H3,(H2,20,21,27)/t16-/m1/s1. The smallest absolute Gasteiger partial charge is 0.338 e. The minimum Gasteiger partial charge on any atom is -0.463 e.